The minimum Gasteiger partial charge on any atom is -0.480 e. The second-order valence-corrected chi connectivity index (χ2v) is 6.94. The van der Waals surface area contributed by atoms with Gasteiger partial charge in [-0.3, -0.25) is 14.6 Å². The number of carboxylic acids is 1. The van der Waals surface area contributed by atoms with Gasteiger partial charge in [0.2, 0.25) is 0 Å². The summed E-state index contributed by atoms with van der Waals surface area (Å²) in [5.41, 5.74) is 3.84. The molecule has 132 valence electrons. The summed E-state index contributed by atoms with van der Waals surface area (Å²) in [4.78, 5) is 15.6. The number of hydrogen-bond donors (Lipinski definition) is 1. The van der Waals surface area contributed by atoms with Crippen molar-refractivity contribution in [3.05, 3.63) is 71.3 Å². The van der Waals surface area contributed by atoms with Crippen LogP contribution in [-0.4, -0.2) is 53.1 Å². The summed E-state index contributed by atoms with van der Waals surface area (Å²) in [5, 5.41) is 9.09. The highest BCUT2D eigenvalue weighted by atomic mass is 16.4. The van der Waals surface area contributed by atoms with E-state index in [-0.39, 0.29) is 18.6 Å². The van der Waals surface area contributed by atoms with Crippen LogP contribution in [-0.2, 0) is 4.79 Å². The maximum atomic E-state index is 11.1. The Bertz CT molecular complexity index is 717. The Morgan fingerprint density at radius 2 is 1.84 bits per heavy atom. The van der Waals surface area contributed by atoms with Gasteiger partial charge in [-0.1, -0.05) is 60.2 Å². The molecule has 0 bridgehead atoms. The average Bonchev–Trinajstić information content (AvgIpc) is 2.58. The Morgan fingerprint density at radius 1 is 1.12 bits per heavy atom. The van der Waals surface area contributed by atoms with Crippen molar-refractivity contribution in [2.75, 3.05) is 26.2 Å². The lowest BCUT2D eigenvalue weighted by Gasteiger charge is -2.43. The second kappa shape index (κ2) is 7.81. The van der Waals surface area contributed by atoms with Crippen molar-refractivity contribution in [1.82, 2.24) is 9.80 Å². The van der Waals surface area contributed by atoms with E-state index < -0.39 is 5.97 Å². The van der Waals surface area contributed by atoms with Crippen molar-refractivity contribution in [2.24, 2.45) is 0 Å². The molecule has 2 atom stereocenters. The predicted molar refractivity (Wildman–Crippen MR) is 99.7 cm³/mol. The van der Waals surface area contributed by atoms with E-state index in [0.717, 1.165) is 19.6 Å². The Morgan fingerprint density at radius 3 is 2.48 bits per heavy atom. The van der Waals surface area contributed by atoms with Gasteiger partial charge in [-0.25, -0.2) is 0 Å². The average molecular weight is 338 g/mol. The molecule has 1 aliphatic heterocycles. The monoisotopic (exact) mass is 338 g/mol. The number of aryl methyl sites for hydroxylation is 1. The second-order valence-electron chi connectivity index (χ2n) is 6.94. The third-order valence-electron chi connectivity index (χ3n) is 4.97. The molecule has 1 aliphatic rings. The fourth-order valence-corrected chi connectivity index (χ4v) is 3.76. The van der Waals surface area contributed by atoms with Crippen LogP contribution < -0.4 is 0 Å². The molecule has 4 heteroatoms. The van der Waals surface area contributed by atoms with E-state index in [4.69, 9.17) is 5.11 Å². The van der Waals surface area contributed by atoms with Gasteiger partial charge in [0.05, 0.1) is 12.6 Å². The molecule has 1 N–H and O–H groups in total. The molecule has 0 aromatic heterocycles. The number of carbonyl (C=O) groups is 1. The van der Waals surface area contributed by atoms with E-state index in [1.807, 2.05) is 6.07 Å². The van der Waals surface area contributed by atoms with Crippen LogP contribution in [0.2, 0.25) is 0 Å². The van der Waals surface area contributed by atoms with Gasteiger partial charge in [0, 0.05) is 25.7 Å². The van der Waals surface area contributed by atoms with E-state index in [9.17, 15) is 4.79 Å². The number of piperazine rings is 1. The number of hydrogen-bond acceptors (Lipinski definition) is 3. The minimum atomic E-state index is -0.751. The first-order chi connectivity index (χ1) is 12.0. The normalized spacial score (nSPS) is 20.3. The topological polar surface area (TPSA) is 43.8 Å². The van der Waals surface area contributed by atoms with E-state index >= 15 is 0 Å². The molecule has 1 heterocycles. The molecular weight excluding hydrogens is 312 g/mol. The summed E-state index contributed by atoms with van der Waals surface area (Å²) in [6, 6.07) is 19.7. The number of rotatable bonds is 5. The Balaban J connectivity index is 1.87. The molecule has 0 spiro atoms. The van der Waals surface area contributed by atoms with Gasteiger partial charge in [0.15, 0.2) is 0 Å². The molecule has 1 fully saturated rings. The number of benzene rings is 2. The predicted octanol–water partition coefficient (Wildman–Crippen LogP) is 3.18. The minimum absolute atomic E-state index is 0.120. The zero-order chi connectivity index (χ0) is 17.8. The smallest absolute Gasteiger partial charge is 0.317 e. The standard InChI is InChI=1S/C21H26N2O2/c1-16-7-6-10-19(13-16)21(18-8-4-3-5-9-18)23-12-11-22(15-20(24)25)17(2)14-23/h3-10,13,17,21H,11-12,14-15H2,1-2H3,(H,24,25)/t17-,21-/m1/s1. The lowest BCUT2D eigenvalue weighted by atomic mass is 9.94. The van der Waals surface area contributed by atoms with Crippen LogP contribution in [0.3, 0.4) is 0 Å². The van der Waals surface area contributed by atoms with Crippen molar-refractivity contribution in [1.29, 1.82) is 0 Å². The third-order valence-corrected chi connectivity index (χ3v) is 4.97. The first-order valence-electron chi connectivity index (χ1n) is 8.86. The van der Waals surface area contributed by atoms with E-state index in [1.54, 1.807) is 0 Å². The molecule has 2 aromatic rings. The summed E-state index contributed by atoms with van der Waals surface area (Å²) >= 11 is 0. The van der Waals surface area contributed by atoms with Crippen molar-refractivity contribution in [3.63, 3.8) is 0 Å². The van der Waals surface area contributed by atoms with Crippen LogP contribution in [0.15, 0.2) is 54.6 Å². The zero-order valence-electron chi connectivity index (χ0n) is 14.9. The van der Waals surface area contributed by atoms with E-state index in [1.165, 1.54) is 16.7 Å². The molecule has 3 rings (SSSR count). The highest BCUT2D eigenvalue weighted by molar-refractivity contribution is 5.69. The summed E-state index contributed by atoms with van der Waals surface area (Å²) in [6.45, 7) is 6.87. The summed E-state index contributed by atoms with van der Waals surface area (Å²) < 4.78 is 0. The lowest BCUT2D eigenvalue weighted by Crippen LogP contribution is -2.54. The van der Waals surface area contributed by atoms with Gasteiger partial charge in [-0.2, -0.15) is 0 Å². The lowest BCUT2D eigenvalue weighted by molar-refractivity contribution is -0.139. The maximum Gasteiger partial charge on any atom is 0.317 e. The SMILES string of the molecule is Cc1cccc([C@@H](c2ccccc2)N2CCN(CC(=O)O)[C@H](C)C2)c1. The van der Waals surface area contributed by atoms with E-state index in [0.29, 0.717) is 0 Å². The quantitative estimate of drug-likeness (QED) is 0.909. The van der Waals surface area contributed by atoms with Crippen molar-refractivity contribution in [3.8, 4) is 0 Å². The van der Waals surface area contributed by atoms with Crippen LogP contribution in [0, 0.1) is 6.92 Å². The summed E-state index contributed by atoms with van der Waals surface area (Å²) in [6.07, 6.45) is 0. The molecule has 0 unspecified atom stereocenters. The third kappa shape index (κ3) is 4.27. The number of aliphatic carboxylic acids is 1. The van der Waals surface area contributed by atoms with Crippen LogP contribution >= 0.6 is 0 Å². The van der Waals surface area contributed by atoms with Crippen LogP contribution in [0.25, 0.3) is 0 Å². The zero-order valence-corrected chi connectivity index (χ0v) is 14.9. The number of nitrogens with zero attached hydrogens (tertiary/aromatic N) is 2. The van der Waals surface area contributed by atoms with Gasteiger partial charge < -0.3 is 5.11 Å². The Kier molecular flexibility index (Phi) is 5.51. The van der Waals surface area contributed by atoms with Gasteiger partial charge in [-0.05, 0) is 25.0 Å². The first-order valence-corrected chi connectivity index (χ1v) is 8.86. The van der Waals surface area contributed by atoms with Gasteiger partial charge in [0.25, 0.3) is 0 Å². The molecule has 0 aliphatic carbocycles. The molecule has 4 nitrogen and oxygen atoms in total. The van der Waals surface area contributed by atoms with Crippen LogP contribution in [0.4, 0.5) is 0 Å². The molecule has 1 saturated heterocycles. The Labute approximate surface area is 149 Å². The fourth-order valence-electron chi connectivity index (χ4n) is 3.76. The van der Waals surface area contributed by atoms with Crippen molar-refractivity contribution in [2.45, 2.75) is 25.9 Å². The van der Waals surface area contributed by atoms with Gasteiger partial charge >= 0.3 is 5.97 Å². The molecule has 2 aromatic carbocycles. The highest BCUT2D eigenvalue weighted by Crippen LogP contribution is 2.31. The molecular formula is C21H26N2O2. The molecule has 0 amide bonds. The maximum absolute atomic E-state index is 11.1. The van der Waals surface area contributed by atoms with E-state index in [2.05, 4.69) is 72.2 Å². The highest BCUT2D eigenvalue weighted by Gasteiger charge is 2.30. The molecule has 25 heavy (non-hydrogen) atoms. The van der Waals surface area contributed by atoms with Crippen molar-refractivity contribution >= 4 is 5.97 Å². The van der Waals surface area contributed by atoms with Crippen LogP contribution in [0.1, 0.15) is 29.7 Å². The van der Waals surface area contributed by atoms with Crippen molar-refractivity contribution < 1.29 is 9.90 Å². The fraction of sp³-hybridized carbons (Fsp3) is 0.381. The molecule has 0 saturated carbocycles. The first kappa shape index (κ1) is 17.6. The Hall–Kier alpha value is -2.17. The van der Waals surface area contributed by atoms with Gasteiger partial charge in [0.1, 0.15) is 0 Å². The summed E-state index contributed by atoms with van der Waals surface area (Å²) in [5.74, 6) is -0.751. The summed E-state index contributed by atoms with van der Waals surface area (Å²) in [7, 11) is 0. The number of carboxylic acid groups (broad SMARTS) is 1. The van der Waals surface area contributed by atoms with Crippen LogP contribution in [0.5, 0.6) is 0 Å². The molecule has 0 radical (unpaired) electrons. The largest absolute Gasteiger partial charge is 0.480 e. The van der Waals surface area contributed by atoms with Gasteiger partial charge in [-0.15, -0.1) is 0 Å².